The molecule has 2 heterocycles. The minimum absolute atomic E-state index is 0.225. The highest BCUT2D eigenvalue weighted by Crippen LogP contribution is 2.23. The van der Waals surface area contributed by atoms with E-state index < -0.39 is 12.0 Å². The molecule has 0 saturated carbocycles. The lowest BCUT2D eigenvalue weighted by atomic mass is 9.95. The minimum Gasteiger partial charge on any atom is -0.479 e. The van der Waals surface area contributed by atoms with Crippen molar-refractivity contribution < 1.29 is 14.7 Å². The lowest BCUT2D eigenvalue weighted by Gasteiger charge is -2.32. The Morgan fingerprint density at radius 3 is 2.46 bits per heavy atom. The Labute approximate surface area is 156 Å². The van der Waals surface area contributed by atoms with Crippen LogP contribution in [-0.4, -0.2) is 40.0 Å². The molecule has 1 atom stereocenters. The molecule has 2 N–H and O–H groups in total. The highest BCUT2D eigenvalue weighted by atomic mass is 35.5. The number of hydrogen-bond donors (Lipinski definition) is 2. The lowest BCUT2D eigenvalue weighted by Crippen LogP contribution is -2.43. The fraction of sp³-hybridized carbons (Fsp3) is 0.333. The molecule has 7 nitrogen and oxygen atoms in total. The van der Waals surface area contributed by atoms with Gasteiger partial charge in [0.25, 0.3) is 0 Å². The van der Waals surface area contributed by atoms with Gasteiger partial charge < -0.3 is 15.3 Å². The van der Waals surface area contributed by atoms with Crippen LogP contribution >= 0.6 is 11.6 Å². The van der Waals surface area contributed by atoms with Crippen LogP contribution in [0, 0.1) is 5.92 Å². The molecule has 1 aliphatic rings. The summed E-state index contributed by atoms with van der Waals surface area (Å²) in [5, 5.41) is 12.6. The zero-order chi connectivity index (χ0) is 18.5. The van der Waals surface area contributed by atoms with E-state index in [0.717, 1.165) is 5.82 Å². The average molecular weight is 375 g/mol. The Morgan fingerprint density at radius 2 is 1.88 bits per heavy atom. The summed E-state index contributed by atoms with van der Waals surface area (Å²) in [6.07, 6.45) is 6.22. The van der Waals surface area contributed by atoms with Gasteiger partial charge in [-0.3, -0.25) is 9.78 Å². The number of aliphatic carboxylic acids is 1. The van der Waals surface area contributed by atoms with Gasteiger partial charge >= 0.3 is 5.97 Å². The van der Waals surface area contributed by atoms with Gasteiger partial charge in [0.1, 0.15) is 5.82 Å². The summed E-state index contributed by atoms with van der Waals surface area (Å²) in [5.41, 5.74) is 0.493. The summed E-state index contributed by atoms with van der Waals surface area (Å²) in [5.74, 6) is -0.781. The van der Waals surface area contributed by atoms with Crippen molar-refractivity contribution in [3.05, 3.63) is 53.4 Å². The van der Waals surface area contributed by atoms with E-state index in [2.05, 4.69) is 20.2 Å². The molecule has 0 spiro atoms. The van der Waals surface area contributed by atoms with Gasteiger partial charge in [0, 0.05) is 36.4 Å². The molecule has 1 saturated heterocycles. The van der Waals surface area contributed by atoms with E-state index in [1.165, 1.54) is 0 Å². The van der Waals surface area contributed by atoms with Crippen LogP contribution in [0.2, 0.25) is 5.02 Å². The van der Waals surface area contributed by atoms with Gasteiger partial charge in [-0.1, -0.05) is 23.7 Å². The van der Waals surface area contributed by atoms with Crippen molar-refractivity contribution in [2.45, 2.75) is 18.9 Å². The number of aromatic nitrogens is 2. The van der Waals surface area contributed by atoms with Crippen LogP contribution in [0.25, 0.3) is 0 Å². The quantitative estimate of drug-likeness (QED) is 0.833. The Morgan fingerprint density at radius 1 is 1.19 bits per heavy atom. The Kier molecular flexibility index (Phi) is 5.68. The van der Waals surface area contributed by atoms with E-state index >= 15 is 0 Å². The van der Waals surface area contributed by atoms with Crippen molar-refractivity contribution in [1.29, 1.82) is 0 Å². The Hall–Kier alpha value is -2.67. The fourth-order valence-electron chi connectivity index (χ4n) is 3.03. The number of carboxylic acids is 1. The third kappa shape index (κ3) is 4.29. The van der Waals surface area contributed by atoms with Crippen LogP contribution in [0.15, 0.2) is 42.9 Å². The number of carbonyl (C=O) groups is 2. The lowest BCUT2D eigenvalue weighted by molar-refractivity contribution is -0.142. The predicted octanol–water partition coefficient (Wildman–Crippen LogP) is 2.29. The molecule has 26 heavy (non-hydrogen) atoms. The molecule has 1 aromatic carbocycles. The zero-order valence-corrected chi connectivity index (χ0v) is 14.8. The fourth-order valence-corrected chi connectivity index (χ4v) is 3.15. The van der Waals surface area contributed by atoms with E-state index in [1.54, 1.807) is 42.9 Å². The topological polar surface area (TPSA) is 95.4 Å². The summed E-state index contributed by atoms with van der Waals surface area (Å²) in [6.45, 7) is 1.35. The Balaban J connectivity index is 1.60. The molecular formula is C18H19ClN4O3. The van der Waals surface area contributed by atoms with Crippen LogP contribution in [-0.2, 0) is 9.59 Å². The van der Waals surface area contributed by atoms with Crippen LogP contribution in [0.5, 0.6) is 0 Å². The van der Waals surface area contributed by atoms with Crippen molar-refractivity contribution >= 4 is 29.3 Å². The highest BCUT2D eigenvalue weighted by molar-refractivity contribution is 6.30. The zero-order valence-electron chi connectivity index (χ0n) is 14.0. The van der Waals surface area contributed by atoms with Crippen molar-refractivity contribution in [3.8, 4) is 0 Å². The van der Waals surface area contributed by atoms with Gasteiger partial charge in [-0.2, -0.15) is 0 Å². The SMILES string of the molecule is O=C(NC(C(=O)O)c1ccc(Cl)cc1)C1CCN(c2cnccn2)CC1. The first-order valence-electron chi connectivity index (χ1n) is 8.34. The summed E-state index contributed by atoms with van der Waals surface area (Å²) >= 11 is 5.84. The number of nitrogens with one attached hydrogen (secondary N) is 1. The van der Waals surface area contributed by atoms with Crippen LogP contribution < -0.4 is 10.2 Å². The number of piperidine rings is 1. The smallest absolute Gasteiger partial charge is 0.330 e. The van der Waals surface area contributed by atoms with E-state index in [0.29, 0.717) is 36.5 Å². The number of amides is 1. The van der Waals surface area contributed by atoms with Gasteiger partial charge in [0.2, 0.25) is 5.91 Å². The molecule has 1 aliphatic heterocycles. The van der Waals surface area contributed by atoms with Crippen LogP contribution in [0.3, 0.4) is 0 Å². The molecule has 2 aromatic rings. The first kappa shape index (κ1) is 18.1. The van der Waals surface area contributed by atoms with E-state index in [-0.39, 0.29) is 11.8 Å². The molecule has 3 rings (SSSR count). The summed E-state index contributed by atoms with van der Waals surface area (Å²) < 4.78 is 0. The van der Waals surface area contributed by atoms with Crippen LogP contribution in [0.4, 0.5) is 5.82 Å². The van der Waals surface area contributed by atoms with E-state index in [1.807, 2.05) is 0 Å². The van der Waals surface area contributed by atoms with E-state index in [9.17, 15) is 14.7 Å². The van der Waals surface area contributed by atoms with Crippen molar-refractivity contribution in [2.24, 2.45) is 5.92 Å². The van der Waals surface area contributed by atoms with Gasteiger partial charge in [0.15, 0.2) is 6.04 Å². The largest absolute Gasteiger partial charge is 0.479 e. The number of benzene rings is 1. The first-order chi connectivity index (χ1) is 12.5. The van der Waals surface area contributed by atoms with Gasteiger partial charge in [-0.15, -0.1) is 0 Å². The first-order valence-corrected chi connectivity index (χ1v) is 8.72. The normalized spacial score (nSPS) is 16.1. The number of anilines is 1. The average Bonchev–Trinajstić information content (AvgIpc) is 2.67. The van der Waals surface area contributed by atoms with Gasteiger partial charge in [0.05, 0.1) is 6.20 Å². The summed E-state index contributed by atoms with van der Waals surface area (Å²) in [7, 11) is 0. The standard InChI is InChI=1S/C18H19ClN4O3/c19-14-3-1-12(2-4-14)16(18(25)26)22-17(24)13-5-9-23(10-6-13)15-11-20-7-8-21-15/h1-4,7-8,11,13,16H,5-6,9-10H2,(H,22,24)(H,25,26). The number of hydrogen-bond acceptors (Lipinski definition) is 5. The monoisotopic (exact) mass is 374 g/mol. The second kappa shape index (κ2) is 8.14. The second-order valence-electron chi connectivity index (χ2n) is 6.16. The molecule has 0 aliphatic carbocycles. The molecule has 8 heteroatoms. The van der Waals surface area contributed by atoms with Gasteiger partial charge in [-0.25, -0.2) is 9.78 Å². The number of halogens is 1. The number of carbonyl (C=O) groups excluding carboxylic acids is 1. The molecule has 0 bridgehead atoms. The molecule has 1 fully saturated rings. The number of nitrogens with zero attached hydrogens (tertiary/aromatic N) is 3. The van der Waals surface area contributed by atoms with Crippen molar-refractivity contribution in [2.75, 3.05) is 18.0 Å². The maximum Gasteiger partial charge on any atom is 0.330 e. The summed E-state index contributed by atoms with van der Waals surface area (Å²) in [4.78, 5) is 34.5. The highest BCUT2D eigenvalue weighted by Gasteiger charge is 2.29. The molecule has 136 valence electrons. The molecule has 1 aromatic heterocycles. The van der Waals surface area contributed by atoms with Crippen molar-refractivity contribution in [3.63, 3.8) is 0 Å². The summed E-state index contributed by atoms with van der Waals surface area (Å²) in [6, 6.07) is 5.35. The maximum absolute atomic E-state index is 12.5. The Bertz CT molecular complexity index is 762. The van der Waals surface area contributed by atoms with Crippen molar-refractivity contribution in [1.82, 2.24) is 15.3 Å². The third-order valence-electron chi connectivity index (χ3n) is 4.48. The number of carboxylic acid groups (broad SMARTS) is 1. The molecule has 1 amide bonds. The third-order valence-corrected chi connectivity index (χ3v) is 4.73. The molecule has 1 unspecified atom stereocenters. The molecule has 0 radical (unpaired) electrons. The molecular weight excluding hydrogens is 356 g/mol. The predicted molar refractivity (Wildman–Crippen MR) is 96.9 cm³/mol. The number of rotatable bonds is 5. The van der Waals surface area contributed by atoms with Crippen LogP contribution in [0.1, 0.15) is 24.4 Å². The minimum atomic E-state index is -1.10. The van der Waals surface area contributed by atoms with Gasteiger partial charge in [-0.05, 0) is 30.5 Å². The second-order valence-corrected chi connectivity index (χ2v) is 6.59. The maximum atomic E-state index is 12.5. The van der Waals surface area contributed by atoms with E-state index in [4.69, 9.17) is 11.6 Å².